The molecule has 1 fully saturated rings. The average molecular weight is 354 g/mol. The predicted molar refractivity (Wildman–Crippen MR) is 79.8 cm³/mol. The van der Waals surface area contributed by atoms with E-state index in [9.17, 15) is 4.79 Å². The van der Waals surface area contributed by atoms with Gasteiger partial charge in [0.1, 0.15) is 0 Å². The maximum atomic E-state index is 12.3. The van der Waals surface area contributed by atoms with E-state index in [0.29, 0.717) is 10.6 Å². The molecule has 1 aliphatic heterocycles. The number of hydrogen-bond acceptors (Lipinski definition) is 2. The van der Waals surface area contributed by atoms with Gasteiger partial charge < -0.3 is 10.2 Å². The fourth-order valence-corrected chi connectivity index (χ4v) is 2.44. The molecule has 1 saturated heterocycles. The van der Waals surface area contributed by atoms with E-state index in [-0.39, 0.29) is 18.3 Å². The summed E-state index contributed by atoms with van der Waals surface area (Å²) in [5, 5.41) is 3.78. The zero-order valence-corrected chi connectivity index (χ0v) is 12.9. The molecule has 0 saturated carbocycles. The van der Waals surface area contributed by atoms with Crippen molar-refractivity contribution in [2.45, 2.75) is 6.42 Å². The molecule has 0 aromatic heterocycles. The topological polar surface area (TPSA) is 32.3 Å². The second-order valence-corrected chi connectivity index (χ2v) is 5.34. The number of halogens is 3. The third kappa shape index (κ3) is 3.85. The van der Waals surface area contributed by atoms with Crippen molar-refractivity contribution in [2.75, 3.05) is 26.2 Å². The fourth-order valence-electron chi connectivity index (χ4n) is 1.88. The number of rotatable bonds is 1. The van der Waals surface area contributed by atoms with Crippen molar-refractivity contribution in [1.29, 1.82) is 0 Å². The van der Waals surface area contributed by atoms with Crippen LogP contribution in [0.5, 0.6) is 0 Å². The molecule has 0 unspecified atom stereocenters. The SMILES string of the molecule is Cl.O=C(c1cc(Br)ccc1Cl)N1CCCNCC1. The van der Waals surface area contributed by atoms with Crippen LogP contribution in [0.3, 0.4) is 0 Å². The summed E-state index contributed by atoms with van der Waals surface area (Å²) in [5.41, 5.74) is 0.572. The van der Waals surface area contributed by atoms with Gasteiger partial charge >= 0.3 is 0 Å². The molecule has 1 aromatic carbocycles. The first-order valence-corrected chi connectivity index (χ1v) is 6.80. The zero-order valence-electron chi connectivity index (χ0n) is 9.79. The monoisotopic (exact) mass is 352 g/mol. The molecular formula is C12H15BrCl2N2O. The molecule has 0 radical (unpaired) electrons. The third-order valence-corrected chi connectivity index (χ3v) is 3.61. The van der Waals surface area contributed by atoms with Crippen LogP contribution in [0.15, 0.2) is 22.7 Å². The van der Waals surface area contributed by atoms with Crippen molar-refractivity contribution in [3.63, 3.8) is 0 Å². The van der Waals surface area contributed by atoms with Crippen LogP contribution in [0.4, 0.5) is 0 Å². The highest BCUT2D eigenvalue weighted by atomic mass is 79.9. The number of nitrogens with one attached hydrogen (secondary N) is 1. The van der Waals surface area contributed by atoms with Crippen LogP contribution in [0.1, 0.15) is 16.8 Å². The summed E-state index contributed by atoms with van der Waals surface area (Å²) in [4.78, 5) is 14.2. The highest BCUT2D eigenvalue weighted by Crippen LogP contribution is 2.22. The van der Waals surface area contributed by atoms with E-state index in [4.69, 9.17) is 11.6 Å². The Hall–Kier alpha value is -0.290. The smallest absolute Gasteiger partial charge is 0.255 e. The highest BCUT2D eigenvalue weighted by molar-refractivity contribution is 9.10. The van der Waals surface area contributed by atoms with E-state index in [2.05, 4.69) is 21.2 Å². The molecular weight excluding hydrogens is 339 g/mol. The van der Waals surface area contributed by atoms with Gasteiger partial charge in [0.2, 0.25) is 0 Å². The molecule has 0 atom stereocenters. The van der Waals surface area contributed by atoms with Crippen LogP contribution >= 0.6 is 39.9 Å². The summed E-state index contributed by atoms with van der Waals surface area (Å²) in [6.07, 6.45) is 0.983. The molecule has 3 nitrogen and oxygen atoms in total. The molecule has 1 aromatic rings. The van der Waals surface area contributed by atoms with Gasteiger partial charge in [-0.3, -0.25) is 4.79 Å². The molecule has 0 bridgehead atoms. The molecule has 1 aliphatic rings. The Morgan fingerprint density at radius 1 is 1.33 bits per heavy atom. The Morgan fingerprint density at radius 3 is 2.89 bits per heavy atom. The second-order valence-electron chi connectivity index (χ2n) is 4.02. The number of amides is 1. The van der Waals surface area contributed by atoms with E-state index in [1.165, 1.54) is 0 Å². The fraction of sp³-hybridized carbons (Fsp3) is 0.417. The second kappa shape index (κ2) is 7.34. The van der Waals surface area contributed by atoms with E-state index in [1.54, 1.807) is 12.1 Å². The normalized spacial score (nSPS) is 15.8. The first kappa shape index (κ1) is 15.8. The summed E-state index contributed by atoms with van der Waals surface area (Å²) in [5.74, 6) is 0.0139. The van der Waals surface area contributed by atoms with Gasteiger partial charge in [0, 0.05) is 24.1 Å². The van der Waals surface area contributed by atoms with Gasteiger partial charge in [-0.1, -0.05) is 27.5 Å². The molecule has 6 heteroatoms. The summed E-state index contributed by atoms with van der Waals surface area (Å²) in [6, 6.07) is 5.36. The van der Waals surface area contributed by atoms with Crippen molar-refractivity contribution < 1.29 is 4.79 Å². The van der Waals surface area contributed by atoms with Crippen molar-refractivity contribution >= 4 is 45.8 Å². The van der Waals surface area contributed by atoms with Gasteiger partial charge in [0.05, 0.1) is 10.6 Å². The van der Waals surface area contributed by atoms with Crippen molar-refractivity contribution in [3.05, 3.63) is 33.3 Å². The number of carbonyl (C=O) groups is 1. The minimum Gasteiger partial charge on any atom is -0.337 e. The van der Waals surface area contributed by atoms with E-state index in [1.807, 2.05) is 11.0 Å². The van der Waals surface area contributed by atoms with Crippen LogP contribution in [0, 0.1) is 0 Å². The lowest BCUT2D eigenvalue weighted by Crippen LogP contribution is -2.34. The zero-order chi connectivity index (χ0) is 12.3. The molecule has 0 spiro atoms. The minimum absolute atomic E-state index is 0. The van der Waals surface area contributed by atoms with Gasteiger partial charge in [0.15, 0.2) is 0 Å². The minimum atomic E-state index is 0. The predicted octanol–water partition coefficient (Wildman–Crippen LogP) is 2.96. The van der Waals surface area contributed by atoms with Gasteiger partial charge in [-0.2, -0.15) is 0 Å². The standard InChI is InChI=1S/C12H14BrClN2O.ClH/c13-9-2-3-11(14)10(8-9)12(17)16-6-1-4-15-5-7-16;/h2-3,8,15H,1,4-7H2;1H. The number of carbonyl (C=O) groups excluding carboxylic acids is 1. The molecule has 1 heterocycles. The van der Waals surface area contributed by atoms with Crippen LogP contribution in [0.2, 0.25) is 5.02 Å². The Kier molecular flexibility index (Phi) is 6.43. The first-order chi connectivity index (χ1) is 8.18. The van der Waals surface area contributed by atoms with Crippen LogP contribution in [-0.4, -0.2) is 37.0 Å². The van der Waals surface area contributed by atoms with Crippen LogP contribution in [-0.2, 0) is 0 Å². The highest BCUT2D eigenvalue weighted by Gasteiger charge is 2.19. The molecule has 18 heavy (non-hydrogen) atoms. The Balaban J connectivity index is 0.00000162. The first-order valence-electron chi connectivity index (χ1n) is 5.63. The lowest BCUT2D eigenvalue weighted by Gasteiger charge is -2.20. The molecule has 0 aliphatic carbocycles. The average Bonchev–Trinajstić information content (AvgIpc) is 2.60. The Morgan fingerprint density at radius 2 is 2.11 bits per heavy atom. The summed E-state index contributed by atoms with van der Waals surface area (Å²) in [6.45, 7) is 3.34. The molecule has 1 N–H and O–H groups in total. The molecule has 2 rings (SSSR count). The maximum absolute atomic E-state index is 12.3. The van der Waals surface area contributed by atoms with E-state index in [0.717, 1.165) is 37.1 Å². The molecule has 100 valence electrons. The third-order valence-electron chi connectivity index (χ3n) is 2.79. The number of benzene rings is 1. The van der Waals surface area contributed by atoms with Crippen molar-refractivity contribution in [1.82, 2.24) is 10.2 Å². The van der Waals surface area contributed by atoms with Gasteiger partial charge in [-0.05, 0) is 31.2 Å². The Labute approximate surface area is 126 Å². The molecule has 1 amide bonds. The van der Waals surface area contributed by atoms with Crippen molar-refractivity contribution in [2.24, 2.45) is 0 Å². The van der Waals surface area contributed by atoms with Crippen molar-refractivity contribution in [3.8, 4) is 0 Å². The van der Waals surface area contributed by atoms with Gasteiger partial charge in [-0.25, -0.2) is 0 Å². The van der Waals surface area contributed by atoms with Crippen LogP contribution in [0.25, 0.3) is 0 Å². The largest absolute Gasteiger partial charge is 0.337 e. The van der Waals surface area contributed by atoms with E-state index >= 15 is 0 Å². The van der Waals surface area contributed by atoms with E-state index < -0.39 is 0 Å². The number of hydrogen-bond donors (Lipinski definition) is 1. The van der Waals surface area contributed by atoms with Gasteiger partial charge in [-0.15, -0.1) is 12.4 Å². The lowest BCUT2D eigenvalue weighted by molar-refractivity contribution is 0.0766. The summed E-state index contributed by atoms with van der Waals surface area (Å²) in [7, 11) is 0. The Bertz CT molecular complexity index is 421. The summed E-state index contributed by atoms with van der Waals surface area (Å²) < 4.78 is 0.873. The summed E-state index contributed by atoms with van der Waals surface area (Å²) >= 11 is 9.43. The number of nitrogens with zero attached hydrogens (tertiary/aromatic N) is 1. The van der Waals surface area contributed by atoms with Crippen LogP contribution < -0.4 is 5.32 Å². The quantitative estimate of drug-likeness (QED) is 0.841. The van der Waals surface area contributed by atoms with Gasteiger partial charge in [0.25, 0.3) is 5.91 Å². The lowest BCUT2D eigenvalue weighted by atomic mass is 10.2. The maximum Gasteiger partial charge on any atom is 0.255 e.